The highest BCUT2D eigenvalue weighted by atomic mass is 16.2. The quantitative estimate of drug-likeness (QED) is 0.749. The van der Waals surface area contributed by atoms with Crippen LogP contribution in [0.3, 0.4) is 0 Å². The molecule has 0 radical (unpaired) electrons. The highest BCUT2D eigenvalue weighted by Crippen LogP contribution is 2.15. The van der Waals surface area contributed by atoms with Gasteiger partial charge in [0.25, 0.3) is 5.91 Å². The van der Waals surface area contributed by atoms with Gasteiger partial charge in [-0.2, -0.15) is 0 Å². The Bertz CT molecular complexity index is 945. The molecule has 1 aliphatic heterocycles. The van der Waals surface area contributed by atoms with E-state index in [9.17, 15) is 9.59 Å². The van der Waals surface area contributed by atoms with Crippen LogP contribution in [0.2, 0.25) is 0 Å². The number of benzene rings is 2. The van der Waals surface area contributed by atoms with Crippen molar-refractivity contribution < 1.29 is 9.59 Å². The second-order valence-electron chi connectivity index (χ2n) is 6.56. The number of carbonyl (C=O) groups excluding carboxylic acids is 2. The van der Waals surface area contributed by atoms with Crippen LogP contribution < -0.4 is 5.32 Å². The van der Waals surface area contributed by atoms with E-state index in [1.165, 1.54) is 0 Å². The van der Waals surface area contributed by atoms with Crippen molar-refractivity contribution in [1.29, 1.82) is 0 Å². The molecule has 2 aromatic carbocycles. The maximum atomic E-state index is 12.7. The van der Waals surface area contributed by atoms with Crippen molar-refractivity contribution in [3.63, 3.8) is 0 Å². The lowest BCUT2D eigenvalue weighted by molar-refractivity contribution is 0.0665. The summed E-state index contributed by atoms with van der Waals surface area (Å²) in [6.07, 6.45) is 1.62. The van der Waals surface area contributed by atoms with Crippen LogP contribution in [0.4, 0.5) is 4.79 Å². The lowest BCUT2D eigenvalue weighted by Gasteiger charge is -2.34. The third kappa shape index (κ3) is 3.76. The molecule has 27 heavy (non-hydrogen) atoms. The monoisotopic (exact) mass is 363 g/mol. The minimum Gasteiger partial charge on any atom is -0.345 e. The number of rotatable bonds is 3. The molecule has 1 aromatic heterocycles. The maximum Gasteiger partial charge on any atom is 0.317 e. The van der Waals surface area contributed by atoms with Gasteiger partial charge in [-0.3, -0.25) is 4.79 Å². The second-order valence-corrected chi connectivity index (χ2v) is 6.56. The Labute approximate surface area is 157 Å². The number of piperazine rings is 1. The van der Waals surface area contributed by atoms with Crippen molar-refractivity contribution in [2.45, 2.75) is 6.54 Å². The Kier molecular flexibility index (Phi) is 4.74. The number of aromatic amines is 1. The molecular weight excluding hydrogens is 342 g/mol. The molecule has 3 aromatic rings. The molecule has 0 saturated carbocycles. The van der Waals surface area contributed by atoms with E-state index >= 15 is 0 Å². The van der Waals surface area contributed by atoms with Crippen LogP contribution in [0.1, 0.15) is 15.9 Å². The van der Waals surface area contributed by atoms with Crippen LogP contribution in [0.25, 0.3) is 11.0 Å². The van der Waals surface area contributed by atoms with Crippen molar-refractivity contribution in [1.82, 2.24) is 25.1 Å². The summed E-state index contributed by atoms with van der Waals surface area (Å²) in [6, 6.07) is 15.2. The Balaban J connectivity index is 1.31. The first-order valence-corrected chi connectivity index (χ1v) is 9.00. The fourth-order valence-corrected chi connectivity index (χ4v) is 3.25. The van der Waals surface area contributed by atoms with Crippen molar-refractivity contribution in [3.8, 4) is 0 Å². The zero-order valence-electron chi connectivity index (χ0n) is 14.9. The summed E-state index contributed by atoms with van der Waals surface area (Å²) in [6.45, 7) is 2.61. The topological polar surface area (TPSA) is 81.3 Å². The molecule has 0 unspecified atom stereocenters. The number of imidazole rings is 1. The minimum atomic E-state index is -0.0927. The van der Waals surface area contributed by atoms with E-state index in [4.69, 9.17) is 0 Å². The fraction of sp³-hybridized carbons (Fsp3) is 0.250. The van der Waals surface area contributed by atoms with Crippen LogP contribution in [0.5, 0.6) is 0 Å². The average Bonchev–Trinajstić information content (AvgIpc) is 3.20. The van der Waals surface area contributed by atoms with E-state index in [0.717, 1.165) is 16.6 Å². The number of aromatic nitrogens is 2. The van der Waals surface area contributed by atoms with E-state index in [0.29, 0.717) is 38.3 Å². The zero-order valence-corrected chi connectivity index (χ0v) is 14.9. The predicted molar refractivity (Wildman–Crippen MR) is 102 cm³/mol. The Hall–Kier alpha value is -3.35. The van der Waals surface area contributed by atoms with Crippen LogP contribution >= 0.6 is 0 Å². The molecule has 3 amide bonds. The second kappa shape index (κ2) is 7.49. The Morgan fingerprint density at radius 1 is 1.00 bits per heavy atom. The fourth-order valence-electron chi connectivity index (χ4n) is 3.25. The van der Waals surface area contributed by atoms with Gasteiger partial charge in [0.05, 0.1) is 17.4 Å². The van der Waals surface area contributed by atoms with Gasteiger partial charge in [0, 0.05) is 38.3 Å². The van der Waals surface area contributed by atoms with Gasteiger partial charge < -0.3 is 20.1 Å². The first kappa shape index (κ1) is 17.1. The number of nitrogens with zero attached hydrogens (tertiary/aromatic N) is 3. The normalized spacial score (nSPS) is 14.4. The summed E-state index contributed by atoms with van der Waals surface area (Å²) in [5, 5.41) is 2.93. The molecule has 0 bridgehead atoms. The molecular formula is C20H21N5O2. The third-order valence-electron chi connectivity index (χ3n) is 4.81. The van der Waals surface area contributed by atoms with Gasteiger partial charge in [-0.15, -0.1) is 0 Å². The first-order valence-electron chi connectivity index (χ1n) is 9.00. The Morgan fingerprint density at radius 3 is 2.52 bits per heavy atom. The van der Waals surface area contributed by atoms with Crippen LogP contribution in [-0.2, 0) is 6.54 Å². The molecule has 7 nitrogen and oxygen atoms in total. The number of hydrogen-bond donors (Lipinski definition) is 2. The van der Waals surface area contributed by atoms with Crippen molar-refractivity contribution in [2.24, 2.45) is 0 Å². The summed E-state index contributed by atoms with van der Waals surface area (Å²) < 4.78 is 0. The molecule has 4 rings (SSSR count). The van der Waals surface area contributed by atoms with Gasteiger partial charge >= 0.3 is 6.03 Å². The van der Waals surface area contributed by atoms with E-state index in [2.05, 4.69) is 15.3 Å². The Morgan fingerprint density at radius 2 is 1.74 bits per heavy atom. The van der Waals surface area contributed by atoms with E-state index in [1.807, 2.05) is 42.5 Å². The molecule has 1 fully saturated rings. The van der Waals surface area contributed by atoms with Crippen molar-refractivity contribution >= 4 is 23.0 Å². The standard InChI is InChI=1S/C20H21N5O2/c26-19(16-6-7-17-18(12-16)23-14-22-17)24-8-10-25(11-9-24)20(27)21-13-15-4-2-1-3-5-15/h1-7,12,14H,8-11,13H2,(H,21,27)(H,22,23). The van der Waals surface area contributed by atoms with Gasteiger partial charge in [0.1, 0.15) is 0 Å². The smallest absolute Gasteiger partial charge is 0.317 e. The molecule has 0 aliphatic carbocycles. The van der Waals surface area contributed by atoms with Gasteiger partial charge in [0.2, 0.25) is 0 Å². The number of amides is 3. The SMILES string of the molecule is O=C(NCc1ccccc1)N1CCN(C(=O)c2ccc3nc[nH]c3c2)CC1. The highest BCUT2D eigenvalue weighted by Gasteiger charge is 2.25. The number of carbonyl (C=O) groups is 2. The van der Waals surface area contributed by atoms with E-state index < -0.39 is 0 Å². The largest absolute Gasteiger partial charge is 0.345 e. The number of urea groups is 1. The molecule has 1 saturated heterocycles. The summed E-state index contributed by atoms with van der Waals surface area (Å²) in [5.41, 5.74) is 3.38. The summed E-state index contributed by atoms with van der Waals surface area (Å²) >= 11 is 0. The lowest BCUT2D eigenvalue weighted by atomic mass is 10.1. The van der Waals surface area contributed by atoms with Gasteiger partial charge in [-0.25, -0.2) is 9.78 Å². The summed E-state index contributed by atoms with van der Waals surface area (Å²) in [7, 11) is 0. The molecule has 138 valence electrons. The molecule has 7 heteroatoms. The number of nitrogens with one attached hydrogen (secondary N) is 2. The van der Waals surface area contributed by atoms with Crippen LogP contribution in [-0.4, -0.2) is 57.9 Å². The molecule has 2 N–H and O–H groups in total. The molecule has 1 aliphatic rings. The zero-order chi connectivity index (χ0) is 18.6. The number of fused-ring (bicyclic) bond motifs is 1. The number of hydrogen-bond acceptors (Lipinski definition) is 3. The highest BCUT2D eigenvalue weighted by molar-refractivity contribution is 5.97. The summed E-state index contributed by atoms with van der Waals surface area (Å²) in [4.78, 5) is 35.8. The van der Waals surface area contributed by atoms with Gasteiger partial charge in [0.15, 0.2) is 0 Å². The van der Waals surface area contributed by atoms with Gasteiger partial charge in [-0.1, -0.05) is 30.3 Å². The minimum absolute atomic E-state index is 0.0177. The molecule has 0 spiro atoms. The predicted octanol–water partition coefficient (Wildman–Crippen LogP) is 2.23. The number of H-pyrrole nitrogens is 1. The lowest BCUT2D eigenvalue weighted by Crippen LogP contribution is -2.53. The summed E-state index contributed by atoms with van der Waals surface area (Å²) in [5.74, 6) is -0.0177. The average molecular weight is 363 g/mol. The van der Waals surface area contributed by atoms with Gasteiger partial charge in [-0.05, 0) is 23.8 Å². The van der Waals surface area contributed by atoms with Crippen LogP contribution in [0, 0.1) is 0 Å². The van der Waals surface area contributed by atoms with Crippen LogP contribution in [0.15, 0.2) is 54.9 Å². The van der Waals surface area contributed by atoms with Crippen molar-refractivity contribution in [2.75, 3.05) is 26.2 Å². The molecule has 2 heterocycles. The van der Waals surface area contributed by atoms with E-state index in [-0.39, 0.29) is 11.9 Å². The van der Waals surface area contributed by atoms with Crippen molar-refractivity contribution in [3.05, 3.63) is 66.0 Å². The van der Waals surface area contributed by atoms with E-state index in [1.54, 1.807) is 22.2 Å². The first-order chi connectivity index (χ1) is 13.2. The molecule has 0 atom stereocenters. The third-order valence-corrected chi connectivity index (χ3v) is 4.81. The maximum absolute atomic E-state index is 12.7.